The van der Waals surface area contributed by atoms with Gasteiger partial charge < -0.3 is 25.6 Å². The second-order valence-corrected chi connectivity index (χ2v) is 6.01. The molecule has 7 heteroatoms. The van der Waals surface area contributed by atoms with Crippen molar-refractivity contribution in [3.05, 3.63) is 4.88 Å². The molecule has 6 nitrogen and oxygen atoms in total. The van der Waals surface area contributed by atoms with Crippen molar-refractivity contribution in [3.63, 3.8) is 0 Å². The molecule has 0 aliphatic rings. The minimum absolute atomic E-state index is 0.104. The van der Waals surface area contributed by atoms with Crippen LogP contribution in [0.15, 0.2) is 0 Å². The van der Waals surface area contributed by atoms with Gasteiger partial charge in [-0.1, -0.05) is 0 Å². The Bertz CT molecular complexity index is 457. The van der Waals surface area contributed by atoms with Gasteiger partial charge in [0.05, 0.1) is 7.11 Å². The molecule has 0 unspecified atom stereocenters. The van der Waals surface area contributed by atoms with Gasteiger partial charge in [-0.3, -0.25) is 4.79 Å². The normalized spacial score (nSPS) is 10.7. The molecule has 0 bridgehead atoms. The second kappa shape index (κ2) is 7.35. The fourth-order valence-electron chi connectivity index (χ4n) is 1.71. The van der Waals surface area contributed by atoms with Gasteiger partial charge in [-0.25, -0.2) is 0 Å². The van der Waals surface area contributed by atoms with Gasteiger partial charge in [-0.15, -0.1) is 11.3 Å². The van der Waals surface area contributed by atoms with Gasteiger partial charge >= 0.3 is 0 Å². The first-order valence-corrected chi connectivity index (χ1v) is 7.26. The summed E-state index contributed by atoms with van der Waals surface area (Å²) in [7, 11) is 9.05. The van der Waals surface area contributed by atoms with Crippen LogP contribution in [0.5, 0.6) is 5.75 Å². The van der Waals surface area contributed by atoms with Crippen LogP contribution in [-0.2, 0) is 0 Å². The standard InChI is InChI=1S/C13H24N4O2S/c1-16(2)8-6-7-15-12-10(19-5)9(14)11(20-12)13(18)17(3)4/h15H,6-8,14H2,1-5H3. The molecule has 0 fully saturated rings. The molecule has 20 heavy (non-hydrogen) atoms. The van der Waals surface area contributed by atoms with E-state index < -0.39 is 0 Å². The number of rotatable bonds is 7. The molecule has 0 aliphatic carbocycles. The number of ether oxygens (including phenoxy) is 1. The molecule has 1 rings (SSSR count). The Morgan fingerprint density at radius 1 is 1.35 bits per heavy atom. The van der Waals surface area contributed by atoms with E-state index in [1.54, 1.807) is 21.2 Å². The number of thiophene rings is 1. The number of amides is 1. The zero-order chi connectivity index (χ0) is 15.3. The molecule has 3 N–H and O–H groups in total. The molecule has 0 aliphatic heterocycles. The maximum atomic E-state index is 12.0. The molecule has 0 saturated heterocycles. The largest absolute Gasteiger partial charge is 0.492 e. The number of methoxy groups -OCH3 is 1. The molecule has 0 radical (unpaired) electrons. The summed E-state index contributed by atoms with van der Waals surface area (Å²) in [5, 5.41) is 4.10. The third kappa shape index (κ3) is 4.01. The Kier molecular flexibility index (Phi) is 6.09. The van der Waals surface area contributed by atoms with Crippen molar-refractivity contribution in [3.8, 4) is 5.75 Å². The van der Waals surface area contributed by atoms with Crippen LogP contribution in [0.2, 0.25) is 0 Å². The van der Waals surface area contributed by atoms with Crippen molar-refractivity contribution < 1.29 is 9.53 Å². The molecule has 1 aromatic rings. The SMILES string of the molecule is COc1c(NCCCN(C)C)sc(C(=O)N(C)C)c1N. The molecule has 1 heterocycles. The van der Waals surface area contributed by atoms with Crippen LogP contribution in [-0.4, -0.2) is 64.1 Å². The highest BCUT2D eigenvalue weighted by atomic mass is 32.1. The predicted molar refractivity (Wildman–Crippen MR) is 85.0 cm³/mol. The summed E-state index contributed by atoms with van der Waals surface area (Å²) in [6.45, 7) is 1.81. The number of carbonyl (C=O) groups excluding carboxylic acids is 1. The summed E-state index contributed by atoms with van der Waals surface area (Å²) < 4.78 is 5.31. The van der Waals surface area contributed by atoms with Gasteiger partial charge in [0.15, 0.2) is 5.75 Å². The Hall–Kier alpha value is -1.47. The van der Waals surface area contributed by atoms with E-state index in [1.807, 2.05) is 14.1 Å². The van der Waals surface area contributed by atoms with Gasteiger partial charge in [-0.05, 0) is 27.1 Å². The Morgan fingerprint density at radius 2 is 2.00 bits per heavy atom. The van der Waals surface area contributed by atoms with E-state index in [4.69, 9.17) is 10.5 Å². The number of hydrogen-bond donors (Lipinski definition) is 2. The van der Waals surface area contributed by atoms with Gasteiger partial charge in [0.25, 0.3) is 5.91 Å². The van der Waals surface area contributed by atoms with Crippen LogP contribution in [0.1, 0.15) is 16.1 Å². The second-order valence-electron chi connectivity index (χ2n) is 4.99. The van der Waals surface area contributed by atoms with Gasteiger partial charge in [0.2, 0.25) is 0 Å². The number of nitrogens with one attached hydrogen (secondary N) is 1. The maximum absolute atomic E-state index is 12.0. The predicted octanol–water partition coefficient (Wildman–Crippen LogP) is 1.40. The average molecular weight is 300 g/mol. The van der Waals surface area contributed by atoms with Crippen molar-refractivity contribution >= 4 is 27.9 Å². The Labute approximate surface area is 124 Å². The molecule has 114 valence electrons. The van der Waals surface area contributed by atoms with Gasteiger partial charge in [0.1, 0.15) is 15.6 Å². The maximum Gasteiger partial charge on any atom is 0.265 e. The molecule has 0 atom stereocenters. The van der Waals surface area contributed by atoms with E-state index >= 15 is 0 Å². The summed E-state index contributed by atoms with van der Waals surface area (Å²) in [5.74, 6) is 0.456. The number of carbonyl (C=O) groups is 1. The summed E-state index contributed by atoms with van der Waals surface area (Å²) in [4.78, 5) is 16.2. The number of hydrogen-bond acceptors (Lipinski definition) is 6. The molecular weight excluding hydrogens is 276 g/mol. The number of anilines is 2. The van der Waals surface area contributed by atoms with E-state index in [0.29, 0.717) is 16.3 Å². The van der Waals surface area contributed by atoms with Crippen molar-refractivity contribution in [1.29, 1.82) is 0 Å². The topological polar surface area (TPSA) is 70.8 Å². The van der Waals surface area contributed by atoms with E-state index in [2.05, 4.69) is 10.2 Å². The van der Waals surface area contributed by atoms with Crippen LogP contribution in [0.3, 0.4) is 0 Å². The Balaban J connectivity index is 2.80. The zero-order valence-corrected chi connectivity index (χ0v) is 13.6. The minimum Gasteiger partial charge on any atom is -0.492 e. The van der Waals surface area contributed by atoms with Crippen LogP contribution in [0.25, 0.3) is 0 Å². The molecule has 1 aromatic heterocycles. The summed E-state index contributed by atoms with van der Waals surface area (Å²) >= 11 is 1.34. The minimum atomic E-state index is -0.104. The molecule has 0 saturated carbocycles. The van der Waals surface area contributed by atoms with Crippen molar-refractivity contribution in [2.24, 2.45) is 0 Å². The number of nitrogens with zero attached hydrogens (tertiary/aromatic N) is 2. The lowest BCUT2D eigenvalue weighted by molar-refractivity contribution is 0.0833. The third-order valence-electron chi connectivity index (χ3n) is 2.77. The lowest BCUT2D eigenvalue weighted by Gasteiger charge is -2.10. The highest BCUT2D eigenvalue weighted by Gasteiger charge is 2.22. The summed E-state index contributed by atoms with van der Waals surface area (Å²) in [6, 6.07) is 0. The summed E-state index contributed by atoms with van der Waals surface area (Å²) in [5.41, 5.74) is 6.40. The van der Waals surface area contributed by atoms with E-state index in [1.165, 1.54) is 16.2 Å². The van der Waals surface area contributed by atoms with Crippen molar-refractivity contribution in [2.75, 3.05) is 59.4 Å². The Morgan fingerprint density at radius 3 is 2.50 bits per heavy atom. The number of nitrogen functional groups attached to an aromatic ring is 1. The zero-order valence-electron chi connectivity index (χ0n) is 12.8. The molecule has 0 aromatic carbocycles. The third-order valence-corrected chi connectivity index (χ3v) is 3.90. The lowest BCUT2D eigenvalue weighted by atomic mass is 10.3. The van der Waals surface area contributed by atoms with Crippen LogP contribution in [0, 0.1) is 0 Å². The molecular formula is C13H24N4O2S. The van der Waals surface area contributed by atoms with Gasteiger partial charge in [0, 0.05) is 20.6 Å². The fraction of sp³-hybridized carbons (Fsp3) is 0.615. The quantitative estimate of drug-likeness (QED) is 0.745. The van der Waals surface area contributed by atoms with E-state index in [0.717, 1.165) is 24.5 Å². The van der Waals surface area contributed by atoms with Crippen molar-refractivity contribution in [1.82, 2.24) is 9.80 Å². The fourth-order valence-corrected chi connectivity index (χ4v) is 2.84. The van der Waals surface area contributed by atoms with Crippen LogP contribution in [0.4, 0.5) is 10.7 Å². The smallest absolute Gasteiger partial charge is 0.265 e. The highest BCUT2D eigenvalue weighted by molar-refractivity contribution is 7.19. The highest BCUT2D eigenvalue weighted by Crippen LogP contribution is 2.42. The average Bonchev–Trinajstić information content (AvgIpc) is 2.69. The first-order chi connectivity index (χ1) is 9.38. The number of nitrogens with two attached hydrogens (primary N) is 1. The molecule has 0 spiro atoms. The van der Waals surface area contributed by atoms with Crippen molar-refractivity contribution in [2.45, 2.75) is 6.42 Å². The molecule has 1 amide bonds. The monoisotopic (exact) mass is 300 g/mol. The first-order valence-electron chi connectivity index (χ1n) is 6.45. The van der Waals surface area contributed by atoms with E-state index in [9.17, 15) is 4.79 Å². The summed E-state index contributed by atoms with van der Waals surface area (Å²) in [6.07, 6.45) is 1.00. The van der Waals surface area contributed by atoms with Crippen LogP contribution < -0.4 is 15.8 Å². The van der Waals surface area contributed by atoms with Crippen LogP contribution >= 0.6 is 11.3 Å². The van der Waals surface area contributed by atoms with E-state index in [-0.39, 0.29) is 5.91 Å². The lowest BCUT2D eigenvalue weighted by Crippen LogP contribution is -2.21. The first kappa shape index (κ1) is 16.6. The van der Waals surface area contributed by atoms with Gasteiger partial charge in [-0.2, -0.15) is 0 Å².